The van der Waals surface area contributed by atoms with Crippen molar-refractivity contribution >= 4 is 5.91 Å². The largest absolute Gasteiger partial charge is 1.00 e. The van der Waals surface area contributed by atoms with Crippen LogP contribution in [-0.4, -0.2) is 10.5 Å². The van der Waals surface area contributed by atoms with Crippen LogP contribution in [0.25, 0.3) is 0 Å². The number of carbonyl (C=O) groups is 1. The van der Waals surface area contributed by atoms with E-state index in [0.717, 1.165) is 13.0 Å². The fourth-order valence-corrected chi connectivity index (χ4v) is 1.22. The van der Waals surface area contributed by atoms with E-state index in [0.29, 0.717) is 0 Å². The van der Waals surface area contributed by atoms with Crippen molar-refractivity contribution in [2.45, 2.75) is 32.9 Å². The van der Waals surface area contributed by atoms with Gasteiger partial charge in [-0.15, -0.1) is 0 Å². The quantitative estimate of drug-likeness (QED) is 0.240. The number of hydrazine groups is 1. The zero-order valence-electron chi connectivity index (χ0n) is 8.82. The lowest BCUT2D eigenvalue weighted by atomic mass is 10.3. The maximum atomic E-state index is 10.9. The summed E-state index contributed by atoms with van der Waals surface area (Å²) in [7, 11) is 0. The second-order valence-electron chi connectivity index (χ2n) is 3.24. The third kappa shape index (κ3) is 4.80. The summed E-state index contributed by atoms with van der Waals surface area (Å²) in [5.41, 5.74) is 2.10. The first-order chi connectivity index (χ1) is 6.76. The Morgan fingerprint density at radius 2 is 2.33 bits per heavy atom. The fourth-order valence-electron chi connectivity index (χ4n) is 1.22. The Morgan fingerprint density at radius 1 is 1.60 bits per heavy atom. The van der Waals surface area contributed by atoms with Crippen LogP contribution in [0.5, 0.6) is 0 Å². The maximum absolute atomic E-state index is 10.9. The number of carbonyl (C=O) groups excluding carboxylic acids is 1. The standard InChI is InChI=1S/C9H16N4O.ClH/c1-2-3-4-12-5-6-13(8-12)7-9(14)11-10;/h5-6,8H,2-4,7,10H2,1H3;1H. The zero-order valence-corrected chi connectivity index (χ0v) is 9.57. The number of hydrogen-bond donors (Lipinski definition) is 2. The molecule has 5 nitrogen and oxygen atoms in total. The number of hydrogen-bond acceptors (Lipinski definition) is 2. The predicted octanol–water partition coefficient (Wildman–Crippen LogP) is -3.43. The smallest absolute Gasteiger partial charge is 0.276 e. The molecule has 15 heavy (non-hydrogen) atoms. The Morgan fingerprint density at radius 3 is 2.93 bits per heavy atom. The minimum atomic E-state index is -0.191. The molecule has 0 radical (unpaired) electrons. The molecule has 1 heterocycles. The van der Waals surface area contributed by atoms with Gasteiger partial charge >= 0.3 is 0 Å². The fraction of sp³-hybridized carbons (Fsp3) is 0.556. The van der Waals surface area contributed by atoms with E-state index in [-0.39, 0.29) is 24.9 Å². The van der Waals surface area contributed by atoms with Crippen molar-refractivity contribution in [2.75, 3.05) is 0 Å². The van der Waals surface area contributed by atoms with Gasteiger partial charge in [-0.2, -0.15) is 0 Å². The third-order valence-corrected chi connectivity index (χ3v) is 2.00. The molecule has 1 aromatic rings. The van der Waals surface area contributed by atoms with E-state index >= 15 is 0 Å². The molecule has 1 rings (SSSR count). The van der Waals surface area contributed by atoms with E-state index in [1.54, 1.807) is 4.57 Å². The molecule has 1 aromatic heterocycles. The van der Waals surface area contributed by atoms with E-state index < -0.39 is 0 Å². The Kier molecular flexibility index (Phi) is 6.73. The van der Waals surface area contributed by atoms with Crippen molar-refractivity contribution in [3.63, 3.8) is 0 Å². The lowest BCUT2D eigenvalue weighted by molar-refractivity contribution is -0.684. The predicted molar refractivity (Wildman–Crippen MR) is 51.9 cm³/mol. The first-order valence-corrected chi connectivity index (χ1v) is 4.80. The summed E-state index contributed by atoms with van der Waals surface area (Å²) < 4.78 is 3.87. The van der Waals surface area contributed by atoms with Crippen molar-refractivity contribution in [2.24, 2.45) is 5.84 Å². The highest BCUT2D eigenvalue weighted by Gasteiger charge is 2.06. The zero-order chi connectivity index (χ0) is 10.4. The van der Waals surface area contributed by atoms with Crippen LogP contribution in [0.3, 0.4) is 0 Å². The molecule has 6 heteroatoms. The summed E-state index contributed by atoms with van der Waals surface area (Å²) in [4.78, 5) is 10.9. The van der Waals surface area contributed by atoms with Crippen LogP contribution in [0.4, 0.5) is 0 Å². The van der Waals surface area contributed by atoms with Gasteiger partial charge in [-0.25, -0.2) is 15.0 Å². The van der Waals surface area contributed by atoms with Gasteiger partial charge in [0, 0.05) is 0 Å². The molecule has 0 atom stereocenters. The molecule has 0 fully saturated rings. The number of rotatable bonds is 5. The molecule has 0 unspecified atom stereocenters. The van der Waals surface area contributed by atoms with Gasteiger partial charge in [0.25, 0.3) is 5.91 Å². The second kappa shape index (κ2) is 7.25. The molecule has 1 amide bonds. The van der Waals surface area contributed by atoms with E-state index in [1.165, 1.54) is 6.42 Å². The summed E-state index contributed by atoms with van der Waals surface area (Å²) in [5.74, 6) is 4.80. The Labute approximate surface area is 95.6 Å². The van der Waals surface area contributed by atoms with Crippen LogP contribution in [0.15, 0.2) is 18.7 Å². The highest BCUT2D eigenvalue weighted by Crippen LogP contribution is 1.92. The number of amides is 1. The van der Waals surface area contributed by atoms with Gasteiger partial charge in [-0.05, 0) is 6.42 Å². The van der Waals surface area contributed by atoms with Crippen molar-refractivity contribution in [3.05, 3.63) is 18.7 Å². The number of aryl methyl sites for hydroxylation is 1. The second-order valence-corrected chi connectivity index (χ2v) is 3.24. The molecule has 0 aromatic carbocycles. The Hall–Kier alpha value is -1.07. The van der Waals surface area contributed by atoms with Crippen LogP contribution in [0.1, 0.15) is 19.8 Å². The van der Waals surface area contributed by atoms with Crippen LogP contribution in [0, 0.1) is 0 Å². The van der Waals surface area contributed by atoms with Gasteiger partial charge < -0.3 is 12.4 Å². The number of nitrogens with zero attached hydrogens (tertiary/aromatic N) is 2. The lowest BCUT2D eigenvalue weighted by Crippen LogP contribution is -3.00. The van der Waals surface area contributed by atoms with Crippen LogP contribution in [-0.2, 0) is 17.9 Å². The van der Waals surface area contributed by atoms with Crippen LogP contribution < -0.4 is 28.2 Å². The molecule has 0 saturated heterocycles. The van der Waals surface area contributed by atoms with E-state index in [4.69, 9.17) is 5.84 Å². The van der Waals surface area contributed by atoms with E-state index in [1.807, 2.05) is 18.7 Å². The molecular formula is C9H17ClN4O. The summed E-state index contributed by atoms with van der Waals surface area (Å²) in [6.07, 6.45) is 8.05. The molecule has 0 bridgehead atoms. The third-order valence-electron chi connectivity index (χ3n) is 2.00. The molecule has 0 spiro atoms. The van der Waals surface area contributed by atoms with Crippen LogP contribution in [0.2, 0.25) is 0 Å². The van der Waals surface area contributed by atoms with Gasteiger partial charge in [0.1, 0.15) is 12.4 Å². The van der Waals surface area contributed by atoms with E-state index in [2.05, 4.69) is 16.9 Å². The van der Waals surface area contributed by atoms with Gasteiger partial charge in [0.15, 0.2) is 6.54 Å². The van der Waals surface area contributed by atoms with E-state index in [9.17, 15) is 4.79 Å². The number of nitrogens with two attached hydrogens (primary N) is 1. The van der Waals surface area contributed by atoms with Gasteiger partial charge in [-0.1, -0.05) is 13.3 Å². The first-order valence-electron chi connectivity index (χ1n) is 4.80. The lowest BCUT2D eigenvalue weighted by Gasteiger charge is -1.94. The maximum Gasteiger partial charge on any atom is 0.276 e. The number of unbranched alkanes of at least 4 members (excludes halogenated alkanes) is 1. The molecule has 0 saturated carbocycles. The number of halogens is 1. The molecule has 0 aliphatic heterocycles. The summed E-state index contributed by atoms with van der Waals surface area (Å²) >= 11 is 0. The highest BCUT2D eigenvalue weighted by atomic mass is 35.5. The number of aromatic nitrogens is 2. The van der Waals surface area contributed by atoms with Crippen molar-refractivity contribution < 1.29 is 21.8 Å². The molecule has 0 aliphatic carbocycles. The SMILES string of the molecule is CCCCn1cc[n+](CC(=O)NN)c1.[Cl-]. The minimum absolute atomic E-state index is 0. The first kappa shape index (κ1) is 13.9. The molecule has 3 N–H and O–H groups in total. The minimum Gasteiger partial charge on any atom is -1.00 e. The van der Waals surface area contributed by atoms with Crippen molar-refractivity contribution in [3.8, 4) is 0 Å². The average molecular weight is 233 g/mol. The average Bonchev–Trinajstić information content (AvgIpc) is 2.62. The van der Waals surface area contributed by atoms with Gasteiger partial charge in [0.2, 0.25) is 6.33 Å². The summed E-state index contributed by atoms with van der Waals surface area (Å²) in [6, 6.07) is 0. The van der Waals surface area contributed by atoms with Gasteiger partial charge in [0.05, 0.1) is 6.54 Å². The normalized spacial score (nSPS) is 9.47. The van der Waals surface area contributed by atoms with Crippen LogP contribution >= 0.6 is 0 Å². The van der Waals surface area contributed by atoms with Crippen molar-refractivity contribution in [1.82, 2.24) is 9.99 Å². The number of nitrogens with one attached hydrogen (secondary N) is 1. The Balaban J connectivity index is 0.00000196. The highest BCUT2D eigenvalue weighted by molar-refractivity contribution is 5.73. The molecule has 0 aliphatic rings. The summed E-state index contributed by atoms with van der Waals surface area (Å²) in [6.45, 7) is 3.42. The molecular weight excluding hydrogens is 216 g/mol. The number of imidazole rings is 1. The Bertz CT molecular complexity index is 300. The molecule has 86 valence electrons. The summed E-state index contributed by atoms with van der Waals surface area (Å²) in [5, 5.41) is 0. The van der Waals surface area contributed by atoms with Crippen molar-refractivity contribution in [1.29, 1.82) is 0 Å². The topological polar surface area (TPSA) is 63.9 Å². The monoisotopic (exact) mass is 232 g/mol. The van der Waals surface area contributed by atoms with Gasteiger partial charge in [-0.3, -0.25) is 10.2 Å².